The van der Waals surface area contributed by atoms with Crippen molar-refractivity contribution in [1.29, 1.82) is 0 Å². The Hall–Kier alpha value is -0.430. The Morgan fingerprint density at radius 1 is 1.15 bits per heavy atom. The fourth-order valence-corrected chi connectivity index (χ4v) is 5.06. The van der Waals surface area contributed by atoms with E-state index in [2.05, 4.69) is 26.6 Å². The summed E-state index contributed by atoms with van der Waals surface area (Å²) in [6.07, 6.45) is 2.34. The smallest absolute Gasteiger partial charge is 0.152 e. The number of nitrogens with zero attached hydrogens (tertiary/aromatic N) is 2. The predicted molar refractivity (Wildman–Crippen MR) is 82.8 cm³/mol. The summed E-state index contributed by atoms with van der Waals surface area (Å²) in [5.74, 6) is 0.699. The largest absolute Gasteiger partial charge is 0.299 e. The molecule has 0 unspecified atom stereocenters. The molecule has 3 heterocycles. The number of thiophene rings is 1. The molecule has 0 N–H and O–H groups in total. The first-order valence-corrected chi connectivity index (χ1v) is 10.1. The highest BCUT2D eigenvalue weighted by Crippen LogP contribution is 2.20. The maximum atomic E-state index is 11.5. The quantitative estimate of drug-likeness (QED) is 0.846. The van der Waals surface area contributed by atoms with Gasteiger partial charge in [-0.15, -0.1) is 0 Å². The molecular weight excluding hydrogens is 292 g/mol. The van der Waals surface area contributed by atoms with E-state index in [1.54, 1.807) is 11.3 Å². The molecule has 0 amide bonds. The van der Waals surface area contributed by atoms with Crippen molar-refractivity contribution in [3.8, 4) is 0 Å². The molecule has 2 aliphatic heterocycles. The molecule has 0 bridgehead atoms. The second kappa shape index (κ2) is 6.13. The molecule has 2 saturated heterocycles. The topological polar surface area (TPSA) is 40.6 Å². The van der Waals surface area contributed by atoms with Gasteiger partial charge in [-0.25, -0.2) is 8.42 Å². The number of likely N-dealkylation sites (tertiary alicyclic amines) is 1. The van der Waals surface area contributed by atoms with Gasteiger partial charge in [0.05, 0.1) is 11.5 Å². The molecule has 112 valence electrons. The molecule has 4 nitrogen and oxygen atoms in total. The summed E-state index contributed by atoms with van der Waals surface area (Å²) in [6, 6.07) is 2.79. The molecule has 1 aromatic rings. The summed E-state index contributed by atoms with van der Waals surface area (Å²) >= 11 is 1.76. The van der Waals surface area contributed by atoms with Crippen LogP contribution >= 0.6 is 11.3 Å². The van der Waals surface area contributed by atoms with Crippen LogP contribution in [0.5, 0.6) is 0 Å². The van der Waals surface area contributed by atoms with Crippen LogP contribution in [-0.4, -0.2) is 61.9 Å². The van der Waals surface area contributed by atoms with Crippen LogP contribution in [0.2, 0.25) is 0 Å². The Balaban J connectivity index is 1.47. The van der Waals surface area contributed by atoms with Crippen molar-refractivity contribution in [2.24, 2.45) is 0 Å². The zero-order valence-electron chi connectivity index (χ0n) is 11.7. The molecule has 2 fully saturated rings. The predicted octanol–water partition coefficient (Wildman–Crippen LogP) is 1.44. The van der Waals surface area contributed by atoms with Gasteiger partial charge in [-0.1, -0.05) is 0 Å². The summed E-state index contributed by atoms with van der Waals surface area (Å²) in [4.78, 5) is 4.90. The van der Waals surface area contributed by atoms with Crippen molar-refractivity contribution >= 4 is 21.2 Å². The molecule has 0 saturated carbocycles. The van der Waals surface area contributed by atoms with E-state index in [9.17, 15) is 8.42 Å². The summed E-state index contributed by atoms with van der Waals surface area (Å²) < 4.78 is 22.9. The van der Waals surface area contributed by atoms with Gasteiger partial charge in [0.25, 0.3) is 0 Å². The van der Waals surface area contributed by atoms with Crippen LogP contribution in [0.25, 0.3) is 0 Å². The van der Waals surface area contributed by atoms with Gasteiger partial charge in [-0.2, -0.15) is 11.3 Å². The van der Waals surface area contributed by atoms with Gasteiger partial charge in [0.15, 0.2) is 9.84 Å². The van der Waals surface area contributed by atoms with Crippen LogP contribution in [0.4, 0.5) is 0 Å². The first-order chi connectivity index (χ1) is 9.62. The van der Waals surface area contributed by atoms with Gasteiger partial charge >= 0.3 is 0 Å². The minimum absolute atomic E-state index is 0.349. The molecule has 0 aromatic carbocycles. The number of piperidine rings is 1. The molecule has 0 radical (unpaired) electrons. The average molecular weight is 314 g/mol. The molecule has 3 rings (SSSR count). The minimum Gasteiger partial charge on any atom is -0.299 e. The molecule has 0 atom stereocenters. The molecular formula is C14H22N2O2S2. The maximum absolute atomic E-state index is 11.5. The summed E-state index contributed by atoms with van der Waals surface area (Å²) in [5, 5.41) is 4.36. The van der Waals surface area contributed by atoms with Crippen LogP contribution in [0, 0.1) is 0 Å². The van der Waals surface area contributed by atoms with Gasteiger partial charge in [0.2, 0.25) is 0 Å². The van der Waals surface area contributed by atoms with Crippen molar-refractivity contribution in [2.75, 3.05) is 37.7 Å². The van der Waals surface area contributed by atoms with E-state index in [-0.39, 0.29) is 0 Å². The van der Waals surface area contributed by atoms with Gasteiger partial charge in [-0.3, -0.25) is 9.80 Å². The zero-order valence-corrected chi connectivity index (χ0v) is 13.3. The van der Waals surface area contributed by atoms with Crippen molar-refractivity contribution in [1.82, 2.24) is 9.80 Å². The second-order valence-electron chi connectivity index (χ2n) is 5.83. The summed E-state index contributed by atoms with van der Waals surface area (Å²) in [5.41, 5.74) is 1.41. The third kappa shape index (κ3) is 3.61. The Morgan fingerprint density at radius 2 is 1.85 bits per heavy atom. The van der Waals surface area contributed by atoms with Gasteiger partial charge < -0.3 is 0 Å². The lowest BCUT2D eigenvalue weighted by Crippen LogP contribution is -2.50. The Morgan fingerprint density at radius 3 is 2.45 bits per heavy atom. The van der Waals surface area contributed by atoms with E-state index in [1.807, 2.05) is 0 Å². The van der Waals surface area contributed by atoms with Gasteiger partial charge in [-0.05, 0) is 48.3 Å². The van der Waals surface area contributed by atoms with E-state index in [0.717, 1.165) is 32.7 Å². The van der Waals surface area contributed by atoms with Gasteiger partial charge in [0, 0.05) is 25.7 Å². The van der Waals surface area contributed by atoms with Crippen LogP contribution in [-0.2, 0) is 16.4 Å². The van der Waals surface area contributed by atoms with Crippen molar-refractivity contribution in [3.05, 3.63) is 22.4 Å². The highest BCUT2D eigenvalue weighted by Gasteiger charge is 2.29. The number of hydrogen-bond acceptors (Lipinski definition) is 5. The average Bonchev–Trinajstić information content (AvgIpc) is 2.93. The fourth-order valence-electron chi connectivity index (χ4n) is 3.18. The SMILES string of the molecule is O=S1(=O)CCN(C2CCN(Cc3ccsc3)CC2)CC1. The molecule has 2 aliphatic rings. The second-order valence-corrected chi connectivity index (χ2v) is 8.91. The Bertz CT molecular complexity index is 505. The lowest BCUT2D eigenvalue weighted by atomic mass is 10.0. The normalized spacial score (nSPS) is 25.8. The van der Waals surface area contributed by atoms with Crippen molar-refractivity contribution in [3.63, 3.8) is 0 Å². The van der Waals surface area contributed by atoms with Crippen LogP contribution < -0.4 is 0 Å². The Labute approximate surface area is 125 Å². The van der Waals surface area contributed by atoms with Crippen molar-refractivity contribution < 1.29 is 8.42 Å². The third-order valence-corrected chi connectivity index (χ3v) is 6.78. The van der Waals surface area contributed by atoms with E-state index >= 15 is 0 Å². The van der Waals surface area contributed by atoms with E-state index in [4.69, 9.17) is 0 Å². The maximum Gasteiger partial charge on any atom is 0.152 e. The number of rotatable bonds is 3. The standard InChI is InChI=1S/C14H22N2O2S2/c17-20(18)9-6-16(7-10-20)14-1-4-15(5-2-14)11-13-3-8-19-12-13/h3,8,12,14H,1-2,4-7,9-11H2. The highest BCUT2D eigenvalue weighted by molar-refractivity contribution is 7.91. The van der Waals surface area contributed by atoms with E-state index in [1.165, 1.54) is 18.4 Å². The van der Waals surface area contributed by atoms with Gasteiger partial charge in [0.1, 0.15) is 0 Å². The number of hydrogen-bond donors (Lipinski definition) is 0. The molecule has 20 heavy (non-hydrogen) atoms. The molecule has 6 heteroatoms. The zero-order chi connectivity index (χ0) is 14.0. The van der Waals surface area contributed by atoms with Crippen molar-refractivity contribution in [2.45, 2.75) is 25.4 Å². The lowest BCUT2D eigenvalue weighted by molar-refractivity contribution is 0.111. The fraction of sp³-hybridized carbons (Fsp3) is 0.714. The number of sulfone groups is 1. The van der Waals surface area contributed by atoms with Crippen LogP contribution in [0.15, 0.2) is 16.8 Å². The molecule has 0 spiro atoms. The van der Waals surface area contributed by atoms with E-state index in [0.29, 0.717) is 17.5 Å². The monoisotopic (exact) mass is 314 g/mol. The minimum atomic E-state index is -2.75. The first-order valence-electron chi connectivity index (χ1n) is 7.30. The Kier molecular flexibility index (Phi) is 4.45. The summed E-state index contributed by atoms with van der Waals surface area (Å²) in [6.45, 7) is 4.78. The van der Waals surface area contributed by atoms with E-state index < -0.39 is 9.84 Å². The highest BCUT2D eigenvalue weighted by atomic mass is 32.2. The van der Waals surface area contributed by atoms with Crippen LogP contribution in [0.1, 0.15) is 18.4 Å². The molecule has 1 aromatic heterocycles. The first kappa shape index (κ1) is 14.5. The van der Waals surface area contributed by atoms with Crippen LogP contribution in [0.3, 0.4) is 0 Å². The third-order valence-electron chi connectivity index (χ3n) is 4.44. The molecule has 0 aliphatic carbocycles. The lowest BCUT2D eigenvalue weighted by Gasteiger charge is -2.40. The summed E-state index contributed by atoms with van der Waals surface area (Å²) in [7, 11) is -2.75.